The molecule has 0 saturated carbocycles. The number of hydrogen-bond acceptors (Lipinski definition) is 3. The van der Waals surface area contributed by atoms with Crippen LogP contribution in [0.4, 0.5) is 0 Å². The van der Waals surface area contributed by atoms with Crippen LogP contribution in [0.1, 0.15) is 5.50 Å². The first-order valence-electron chi connectivity index (χ1n) is 2.82. The van der Waals surface area contributed by atoms with Gasteiger partial charge in [0.05, 0.1) is 12.6 Å². The van der Waals surface area contributed by atoms with Crippen molar-refractivity contribution in [3.8, 4) is 0 Å². The van der Waals surface area contributed by atoms with Gasteiger partial charge in [0, 0.05) is 0 Å². The predicted octanol–water partition coefficient (Wildman–Crippen LogP) is -0.544. The average Bonchev–Trinajstić information content (AvgIpc) is 2.38. The van der Waals surface area contributed by atoms with Gasteiger partial charge in [-0.1, -0.05) is 0 Å². The quantitative estimate of drug-likeness (QED) is 0.353. The first-order valence-corrected chi connectivity index (χ1v) is 3.29. The number of nitrogens with zero attached hydrogens (tertiary/aromatic N) is 1. The molecule has 1 rings (SSSR count). The van der Waals surface area contributed by atoms with E-state index in [0.29, 0.717) is 0 Å². The number of aromatic amines is 1. The lowest BCUT2D eigenvalue weighted by Crippen LogP contribution is -2.44. The Bertz CT molecular complexity index is 177. The molecule has 0 aliphatic rings. The van der Waals surface area contributed by atoms with Gasteiger partial charge in [-0.2, -0.15) is 5.48 Å². The second-order valence-corrected chi connectivity index (χ2v) is 2.18. The zero-order valence-electron chi connectivity index (χ0n) is 5.57. The summed E-state index contributed by atoms with van der Waals surface area (Å²) < 4.78 is 1.78. The Morgan fingerprint density at radius 3 is 3.10 bits per heavy atom. The van der Waals surface area contributed by atoms with Crippen LogP contribution in [-0.4, -0.2) is 12.1 Å². The van der Waals surface area contributed by atoms with E-state index in [1.54, 1.807) is 17.1 Å². The van der Waals surface area contributed by atoms with E-state index >= 15 is 0 Å². The van der Waals surface area contributed by atoms with Gasteiger partial charge in [0.1, 0.15) is 12.4 Å². The lowest BCUT2D eigenvalue weighted by Gasteiger charge is -2.17. The van der Waals surface area contributed by atoms with E-state index in [1.165, 1.54) is 7.11 Å². The van der Waals surface area contributed by atoms with E-state index in [-0.39, 0.29) is 5.50 Å². The van der Waals surface area contributed by atoms with Crippen molar-refractivity contribution in [2.75, 3.05) is 7.11 Å². The van der Waals surface area contributed by atoms with Crippen molar-refractivity contribution in [3.05, 3.63) is 18.7 Å². The fourth-order valence-electron chi connectivity index (χ4n) is 0.609. The van der Waals surface area contributed by atoms with Gasteiger partial charge in [0.15, 0.2) is 0 Å². The average molecular weight is 159 g/mol. The Hall–Kier alpha value is -0.520. The number of nitrogens with one attached hydrogen (secondary N) is 2. The molecule has 2 N–H and O–H groups in total. The predicted molar refractivity (Wildman–Crippen MR) is 37.5 cm³/mol. The molecule has 4 nitrogen and oxygen atoms in total. The summed E-state index contributed by atoms with van der Waals surface area (Å²) in [4.78, 5) is 7.51. The third-order valence-electron chi connectivity index (χ3n) is 1.06. The summed E-state index contributed by atoms with van der Waals surface area (Å²) in [5.41, 5.74) is 2.35. The fraction of sp³-hybridized carbons (Fsp3) is 0.400. The molecule has 0 aliphatic heterocycles. The molecular weight excluding hydrogens is 150 g/mol. The lowest BCUT2D eigenvalue weighted by molar-refractivity contribution is -0.709. The first-order chi connectivity index (χ1) is 4.84. The number of imidazole rings is 1. The largest absolute Gasteiger partial charge is 0.725 e. The smallest absolute Gasteiger partial charge is 0.241 e. The van der Waals surface area contributed by atoms with Gasteiger partial charge in [-0.3, -0.25) is 4.98 Å². The molecule has 1 heterocycles. The van der Waals surface area contributed by atoms with E-state index in [2.05, 4.69) is 15.3 Å². The number of hydroxylamine groups is 1. The maximum atomic E-state index is 4.96. The van der Waals surface area contributed by atoms with Crippen molar-refractivity contribution >= 4 is 12.6 Å². The van der Waals surface area contributed by atoms with Gasteiger partial charge < -0.3 is 17.5 Å². The van der Waals surface area contributed by atoms with Gasteiger partial charge in [-0.15, -0.1) is 0 Å². The molecule has 0 spiro atoms. The van der Waals surface area contributed by atoms with Gasteiger partial charge >= 0.3 is 0 Å². The topological polar surface area (TPSA) is 40.9 Å². The first kappa shape index (κ1) is 7.59. The molecule has 0 aromatic carbocycles. The Kier molecular flexibility index (Phi) is 2.73. The zero-order chi connectivity index (χ0) is 7.40. The SMILES string of the molecule is CONC([S-])[n+]1cc[nH]c1. The Labute approximate surface area is 64.6 Å². The minimum Gasteiger partial charge on any atom is -0.725 e. The van der Waals surface area contributed by atoms with Crippen LogP contribution >= 0.6 is 0 Å². The summed E-state index contributed by atoms with van der Waals surface area (Å²) in [6, 6.07) is 0. The van der Waals surface area contributed by atoms with Crippen LogP contribution in [-0.2, 0) is 17.5 Å². The molecule has 0 saturated heterocycles. The van der Waals surface area contributed by atoms with Gasteiger partial charge in [-0.25, -0.2) is 4.57 Å². The Balaban J connectivity index is 2.50. The van der Waals surface area contributed by atoms with Crippen LogP contribution in [0, 0.1) is 0 Å². The molecule has 10 heavy (non-hydrogen) atoms. The van der Waals surface area contributed by atoms with E-state index in [9.17, 15) is 0 Å². The molecule has 5 heteroatoms. The van der Waals surface area contributed by atoms with Gasteiger partial charge in [-0.05, 0) is 0 Å². The van der Waals surface area contributed by atoms with E-state index in [4.69, 9.17) is 12.6 Å². The third kappa shape index (κ3) is 1.73. The molecule has 1 aromatic heterocycles. The fourth-order valence-corrected chi connectivity index (χ4v) is 0.836. The van der Waals surface area contributed by atoms with E-state index in [0.717, 1.165) is 0 Å². The van der Waals surface area contributed by atoms with E-state index < -0.39 is 0 Å². The van der Waals surface area contributed by atoms with Gasteiger partial charge in [0.25, 0.3) is 0 Å². The Morgan fingerprint density at radius 2 is 2.60 bits per heavy atom. The molecule has 1 atom stereocenters. The summed E-state index contributed by atoms with van der Waals surface area (Å²) >= 11 is 4.96. The number of rotatable bonds is 3. The Morgan fingerprint density at radius 1 is 1.80 bits per heavy atom. The maximum Gasteiger partial charge on any atom is 0.241 e. The standard InChI is InChI=1S/C5H9N3OS/c1-9-7-5(10)8-3-2-6-4-8/h2-5,7,10H,1H3. The van der Waals surface area contributed by atoms with Crippen molar-refractivity contribution < 1.29 is 9.40 Å². The molecule has 0 amide bonds. The van der Waals surface area contributed by atoms with Crippen LogP contribution in [0.2, 0.25) is 0 Å². The summed E-state index contributed by atoms with van der Waals surface area (Å²) in [7, 11) is 1.53. The molecule has 0 fully saturated rings. The van der Waals surface area contributed by atoms with Crippen molar-refractivity contribution in [1.29, 1.82) is 0 Å². The lowest BCUT2D eigenvalue weighted by atomic mass is 10.9. The third-order valence-corrected chi connectivity index (χ3v) is 1.40. The molecule has 1 aromatic rings. The molecule has 0 radical (unpaired) electrons. The molecule has 0 aliphatic carbocycles. The highest BCUT2D eigenvalue weighted by Gasteiger charge is 1.97. The number of hydrogen-bond donors (Lipinski definition) is 2. The summed E-state index contributed by atoms with van der Waals surface area (Å²) in [5.74, 6) is 0. The zero-order valence-corrected chi connectivity index (χ0v) is 6.39. The highest BCUT2D eigenvalue weighted by Crippen LogP contribution is 1.83. The summed E-state index contributed by atoms with van der Waals surface area (Å²) in [5, 5.41) is 0. The highest BCUT2D eigenvalue weighted by atomic mass is 32.1. The van der Waals surface area contributed by atoms with Crippen molar-refractivity contribution in [3.63, 3.8) is 0 Å². The minimum atomic E-state index is -0.253. The van der Waals surface area contributed by atoms with Crippen molar-refractivity contribution in [2.24, 2.45) is 0 Å². The minimum absolute atomic E-state index is 0.253. The molecule has 0 bridgehead atoms. The van der Waals surface area contributed by atoms with Crippen LogP contribution in [0.5, 0.6) is 0 Å². The normalized spacial score (nSPS) is 13.4. The van der Waals surface area contributed by atoms with Gasteiger partial charge in [0.2, 0.25) is 6.33 Å². The van der Waals surface area contributed by atoms with Crippen LogP contribution < -0.4 is 10.0 Å². The van der Waals surface area contributed by atoms with Crippen LogP contribution in [0.3, 0.4) is 0 Å². The second-order valence-electron chi connectivity index (χ2n) is 1.73. The highest BCUT2D eigenvalue weighted by molar-refractivity contribution is 7.58. The van der Waals surface area contributed by atoms with E-state index in [1.807, 2.05) is 6.20 Å². The molecular formula is C5H9N3OS. The maximum absolute atomic E-state index is 4.96. The number of aromatic nitrogens is 2. The second kappa shape index (κ2) is 3.60. The summed E-state index contributed by atoms with van der Waals surface area (Å²) in [6.07, 6.45) is 5.37. The monoisotopic (exact) mass is 159 g/mol. The van der Waals surface area contributed by atoms with Crippen LogP contribution in [0.25, 0.3) is 0 Å². The number of H-pyrrole nitrogens is 1. The summed E-state index contributed by atoms with van der Waals surface area (Å²) in [6.45, 7) is 0. The molecule has 1 unspecified atom stereocenters. The van der Waals surface area contributed by atoms with Crippen LogP contribution in [0.15, 0.2) is 18.7 Å². The van der Waals surface area contributed by atoms with Crippen molar-refractivity contribution in [2.45, 2.75) is 5.50 Å². The molecule has 56 valence electrons. The van der Waals surface area contributed by atoms with Crippen molar-refractivity contribution in [1.82, 2.24) is 10.5 Å².